The van der Waals surface area contributed by atoms with Gasteiger partial charge in [0.2, 0.25) is 0 Å². The average molecular weight is 321 g/mol. The van der Waals surface area contributed by atoms with Gasteiger partial charge in [-0.15, -0.1) is 0 Å². The number of likely N-dealkylation sites (tertiary alicyclic amines) is 1. The largest absolute Gasteiger partial charge is 0.452 e. The summed E-state index contributed by atoms with van der Waals surface area (Å²) in [5.41, 5.74) is -1.22. The van der Waals surface area contributed by atoms with Crippen molar-refractivity contribution in [1.82, 2.24) is 4.90 Å². The Kier molecular flexibility index (Phi) is 3.49. The van der Waals surface area contributed by atoms with Crippen LogP contribution in [0.15, 0.2) is 0 Å². The number of carbonyl (C=O) groups excluding carboxylic acids is 2. The van der Waals surface area contributed by atoms with Crippen molar-refractivity contribution in [3.63, 3.8) is 0 Å². The maximum atomic E-state index is 12.9. The number of esters is 1. The lowest BCUT2D eigenvalue weighted by Crippen LogP contribution is -2.59. The molecule has 0 unspecified atom stereocenters. The Hall–Kier alpha value is -1.10. The minimum atomic E-state index is -0.705. The lowest BCUT2D eigenvalue weighted by Gasteiger charge is -2.58. The number of amides is 1. The molecule has 0 aromatic rings. The molecule has 0 aromatic carbocycles. The number of aliphatic hydroxyl groups is 1. The quantitative estimate of drug-likeness (QED) is 0.806. The molecule has 1 heterocycles. The van der Waals surface area contributed by atoms with E-state index in [1.165, 1.54) is 0 Å². The topological polar surface area (TPSA) is 66.8 Å². The van der Waals surface area contributed by atoms with Gasteiger partial charge in [-0.05, 0) is 70.1 Å². The molecule has 5 nitrogen and oxygen atoms in total. The standard InChI is InChI=1S/C18H27NO4/c1-12(15(20)19-4-2-3-5-19)23-16(21)17-7-13-6-14(8-17)10-18(22,9-13)11-17/h12-14,22H,2-11H2,1H3/t12-,13-,14-,17?,18?/m1/s1. The van der Waals surface area contributed by atoms with Crippen LogP contribution in [0.25, 0.3) is 0 Å². The van der Waals surface area contributed by atoms with Crippen LogP contribution >= 0.6 is 0 Å². The predicted octanol–water partition coefficient (Wildman–Crippen LogP) is 1.87. The van der Waals surface area contributed by atoms with Gasteiger partial charge in [0.25, 0.3) is 5.91 Å². The van der Waals surface area contributed by atoms with Crippen LogP contribution in [0.2, 0.25) is 0 Å². The van der Waals surface area contributed by atoms with E-state index in [0.29, 0.717) is 18.3 Å². The van der Waals surface area contributed by atoms with Gasteiger partial charge in [0.1, 0.15) is 0 Å². The van der Waals surface area contributed by atoms with Crippen LogP contribution in [0.1, 0.15) is 58.3 Å². The Morgan fingerprint density at radius 3 is 2.30 bits per heavy atom. The van der Waals surface area contributed by atoms with Crippen molar-refractivity contribution in [1.29, 1.82) is 0 Å². The van der Waals surface area contributed by atoms with E-state index in [0.717, 1.165) is 58.0 Å². The number of nitrogens with zero attached hydrogens (tertiary/aromatic N) is 1. The van der Waals surface area contributed by atoms with Crippen molar-refractivity contribution in [3.8, 4) is 0 Å². The fourth-order valence-electron chi connectivity index (χ4n) is 5.98. The van der Waals surface area contributed by atoms with Gasteiger partial charge >= 0.3 is 5.97 Å². The summed E-state index contributed by atoms with van der Waals surface area (Å²) >= 11 is 0. The Balaban J connectivity index is 1.45. The zero-order valence-corrected chi connectivity index (χ0v) is 13.9. The van der Waals surface area contributed by atoms with Crippen molar-refractivity contribution in [2.45, 2.75) is 70.0 Å². The minimum absolute atomic E-state index is 0.0701. The molecule has 5 aliphatic rings. The van der Waals surface area contributed by atoms with Gasteiger partial charge in [0, 0.05) is 13.1 Å². The summed E-state index contributed by atoms with van der Waals surface area (Å²) in [5.74, 6) is 0.571. The number of ether oxygens (including phenoxy) is 1. The molecule has 1 saturated heterocycles. The van der Waals surface area contributed by atoms with Gasteiger partial charge in [-0.2, -0.15) is 0 Å². The zero-order chi connectivity index (χ0) is 16.2. The average Bonchev–Trinajstić information content (AvgIpc) is 2.97. The van der Waals surface area contributed by atoms with Crippen molar-refractivity contribution in [3.05, 3.63) is 0 Å². The number of hydrogen-bond acceptors (Lipinski definition) is 4. The van der Waals surface area contributed by atoms with E-state index in [9.17, 15) is 14.7 Å². The summed E-state index contributed by atoms with van der Waals surface area (Å²) in [7, 11) is 0. The third kappa shape index (κ3) is 2.57. The monoisotopic (exact) mass is 321 g/mol. The molecule has 23 heavy (non-hydrogen) atoms. The van der Waals surface area contributed by atoms with Crippen LogP contribution in [0.3, 0.4) is 0 Å². The first-order valence-electron chi connectivity index (χ1n) is 9.11. The normalized spacial score (nSPS) is 42.8. The second-order valence-corrected chi connectivity index (χ2v) is 8.55. The first-order chi connectivity index (χ1) is 10.9. The van der Waals surface area contributed by atoms with E-state index in [2.05, 4.69) is 0 Å². The van der Waals surface area contributed by atoms with Gasteiger partial charge in [0.05, 0.1) is 11.0 Å². The highest BCUT2D eigenvalue weighted by Gasteiger charge is 2.61. The second-order valence-electron chi connectivity index (χ2n) is 8.55. The van der Waals surface area contributed by atoms with Gasteiger partial charge < -0.3 is 14.7 Å². The molecule has 5 rings (SSSR count). The molecule has 5 fully saturated rings. The van der Waals surface area contributed by atoms with Crippen LogP contribution in [0, 0.1) is 17.3 Å². The summed E-state index contributed by atoms with van der Waals surface area (Å²) in [6, 6.07) is 0. The predicted molar refractivity (Wildman–Crippen MR) is 83.4 cm³/mol. The van der Waals surface area contributed by atoms with E-state index in [-0.39, 0.29) is 11.9 Å². The maximum Gasteiger partial charge on any atom is 0.312 e. The Bertz CT molecular complexity index is 511. The smallest absolute Gasteiger partial charge is 0.312 e. The highest BCUT2D eigenvalue weighted by Crippen LogP contribution is 2.62. The molecule has 4 saturated carbocycles. The molecule has 128 valence electrons. The SMILES string of the molecule is C[C@@H](OC(=O)C12C[C@H]3C[C@@H](CC(O)(C3)C1)C2)C(=O)N1CCCC1. The number of hydrogen-bond donors (Lipinski definition) is 1. The van der Waals surface area contributed by atoms with Crippen LogP contribution in [0.4, 0.5) is 0 Å². The van der Waals surface area contributed by atoms with Crippen LogP contribution in [-0.4, -0.2) is 46.7 Å². The highest BCUT2D eigenvalue weighted by atomic mass is 16.5. The number of carbonyl (C=O) groups is 2. The molecule has 0 spiro atoms. The first kappa shape index (κ1) is 15.4. The molecule has 1 aliphatic heterocycles. The van der Waals surface area contributed by atoms with Crippen molar-refractivity contribution in [2.24, 2.45) is 17.3 Å². The van der Waals surface area contributed by atoms with Crippen molar-refractivity contribution < 1.29 is 19.4 Å². The molecule has 0 radical (unpaired) electrons. The molecule has 4 aliphatic carbocycles. The highest BCUT2D eigenvalue weighted by molar-refractivity contribution is 5.85. The molecule has 0 aromatic heterocycles. The van der Waals surface area contributed by atoms with E-state index >= 15 is 0 Å². The summed E-state index contributed by atoms with van der Waals surface area (Å²) in [5, 5.41) is 10.7. The second kappa shape index (κ2) is 5.20. The minimum Gasteiger partial charge on any atom is -0.452 e. The van der Waals surface area contributed by atoms with Gasteiger partial charge in [-0.1, -0.05) is 0 Å². The molecular weight excluding hydrogens is 294 g/mol. The van der Waals surface area contributed by atoms with Crippen molar-refractivity contribution in [2.75, 3.05) is 13.1 Å². The van der Waals surface area contributed by atoms with E-state index in [4.69, 9.17) is 4.74 Å². The molecular formula is C18H27NO4. The molecule has 4 bridgehead atoms. The Morgan fingerprint density at radius 2 is 1.74 bits per heavy atom. The molecule has 3 atom stereocenters. The summed E-state index contributed by atoms with van der Waals surface area (Å²) < 4.78 is 5.61. The summed E-state index contributed by atoms with van der Waals surface area (Å²) in [6.45, 7) is 3.24. The number of rotatable bonds is 3. The van der Waals surface area contributed by atoms with Crippen LogP contribution < -0.4 is 0 Å². The molecule has 1 amide bonds. The van der Waals surface area contributed by atoms with Gasteiger partial charge in [-0.3, -0.25) is 9.59 Å². The zero-order valence-electron chi connectivity index (χ0n) is 13.9. The van der Waals surface area contributed by atoms with E-state index < -0.39 is 17.1 Å². The Morgan fingerprint density at radius 1 is 1.13 bits per heavy atom. The lowest BCUT2D eigenvalue weighted by molar-refractivity contribution is -0.200. The summed E-state index contributed by atoms with van der Waals surface area (Å²) in [6.07, 6.45) is 6.35. The third-order valence-corrected chi connectivity index (χ3v) is 6.51. The van der Waals surface area contributed by atoms with Crippen LogP contribution in [0.5, 0.6) is 0 Å². The molecule has 5 heteroatoms. The third-order valence-electron chi connectivity index (χ3n) is 6.51. The molecule has 1 N–H and O–H groups in total. The van der Waals surface area contributed by atoms with E-state index in [1.807, 2.05) is 0 Å². The fourth-order valence-corrected chi connectivity index (χ4v) is 5.98. The maximum absolute atomic E-state index is 12.9. The summed E-state index contributed by atoms with van der Waals surface area (Å²) in [4.78, 5) is 27.0. The van der Waals surface area contributed by atoms with Gasteiger partial charge in [0.15, 0.2) is 6.10 Å². The van der Waals surface area contributed by atoms with Crippen LogP contribution in [-0.2, 0) is 14.3 Å². The first-order valence-corrected chi connectivity index (χ1v) is 9.11. The lowest BCUT2D eigenvalue weighted by atomic mass is 9.48. The van der Waals surface area contributed by atoms with Gasteiger partial charge in [-0.25, -0.2) is 0 Å². The fraction of sp³-hybridized carbons (Fsp3) is 0.889. The van der Waals surface area contributed by atoms with E-state index in [1.54, 1.807) is 11.8 Å². The van der Waals surface area contributed by atoms with Crippen molar-refractivity contribution >= 4 is 11.9 Å². The Labute approximate surface area is 137 Å².